The van der Waals surface area contributed by atoms with Gasteiger partial charge >= 0.3 is 0 Å². The summed E-state index contributed by atoms with van der Waals surface area (Å²) in [7, 11) is 2.25. The lowest BCUT2D eigenvalue weighted by atomic mass is 9.66. The van der Waals surface area contributed by atoms with Crippen molar-refractivity contribution in [3.05, 3.63) is 64.3 Å². The molecule has 1 nitrogen and oxygen atoms in total. The maximum Gasteiger partial charge on any atom is 0.220 e. The van der Waals surface area contributed by atoms with Crippen LogP contribution < -0.4 is 4.57 Å². The highest BCUT2D eigenvalue weighted by atomic mass is 14.9. The summed E-state index contributed by atoms with van der Waals surface area (Å²) in [5.74, 6) is 2.50. The summed E-state index contributed by atoms with van der Waals surface area (Å²) in [6, 6.07) is 14.8. The molecule has 31 heavy (non-hydrogen) atoms. The van der Waals surface area contributed by atoms with Crippen LogP contribution in [-0.4, -0.2) is 0 Å². The van der Waals surface area contributed by atoms with E-state index in [1.54, 1.807) is 11.1 Å². The lowest BCUT2D eigenvalue weighted by Crippen LogP contribution is -2.35. The zero-order valence-electron chi connectivity index (χ0n) is 19.5. The van der Waals surface area contributed by atoms with Crippen LogP contribution >= 0.6 is 0 Å². The molecule has 1 heterocycles. The third kappa shape index (κ3) is 3.23. The molecule has 4 aliphatic carbocycles. The summed E-state index contributed by atoms with van der Waals surface area (Å²) < 4.78 is 2.43. The molecule has 0 amide bonds. The fourth-order valence-electron chi connectivity index (χ4n) is 7.05. The van der Waals surface area contributed by atoms with Crippen molar-refractivity contribution in [2.45, 2.75) is 83.5 Å². The van der Waals surface area contributed by atoms with E-state index in [4.69, 9.17) is 0 Å². The molecule has 0 N–H and O–H groups in total. The molecule has 0 saturated heterocycles. The predicted molar refractivity (Wildman–Crippen MR) is 130 cm³/mol. The van der Waals surface area contributed by atoms with Crippen LogP contribution in [0.2, 0.25) is 0 Å². The molecule has 0 aliphatic heterocycles. The highest BCUT2D eigenvalue weighted by Gasteiger charge is 2.34. The van der Waals surface area contributed by atoms with Crippen LogP contribution in [0.3, 0.4) is 0 Å². The molecule has 1 heteroatoms. The van der Waals surface area contributed by atoms with E-state index in [1.807, 2.05) is 0 Å². The quantitative estimate of drug-likeness (QED) is 0.395. The summed E-state index contributed by atoms with van der Waals surface area (Å²) in [5, 5.41) is 2.83. The van der Waals surface area contributed by atoms with E-state index in [-0.39, 0.29) is 0 Å². The van der Waals surface area contributed by atoms with Gasteiger partial charge in [-0.25, -0.2) is 0 Å². The second-order valence-electron chi connectivity index (χ2n) is 10.8. The van der Waals surface area contributed by atoms with Crippen LogP contribution in [0.4, 0.5) is 0 Å². The van der Waals surface area contributed by atoms with Crippen molar-refractivity contribution in [3.63, 3.8) is 0 Å². The molecule has 0 unspecified atom stereocenters. The number of benzene rings is 2. The van der Waals surface area contributed by atoms with Gasteiger partial charge in [0.15, 0.2) is 5.69 Å². The van der Waals surface area contributed by atoms with Crippen molar-refractivity contribution in [1.29, 1.82) is 0 Å². The molecule has 160 valence electrons. The fraction of sp³-hybridized carbons (Fsp3) is 0.500. The van der Waals surface area contributed by atoms with Crippen LogP contribution in [0.15, 0.2) is 36.4 Å². The molecule has 2 saturated carbocycles. The van der Waals surface area contributed by atoms with Gasteiger partial charge in [0.25, 0.3) is 0 Å². The number of aromatic nitrogens is 1. The Morgan fingerprint density at radius 1 is 0.806 bits per heavy atom. The Bertz CT molecular complexity index is 1160. The topological polar surface area (TPSA) is 3.88 Å². The Kier molecular flexibility index (Phi) is 4.70. The minimum absolute atomic E-state index is 0.791. The molecule has 2 aromatic carbocycles. The number of nitrogens with zero attached hydrogens (tertiary/aromatic N) is 1. The SMILES string of the molecule is Cc1cc2c(cc1-c1c3ccc(CC4CCCC4)cc3cc(C)[n+]1C)C1CCC2CC1. The summed E-state index contributed by atoms with van der Waals surface area (Å²) >= 11 is 0. The first kappa shape index (κ1) is 19.5. The van der Waals surface area contributed by atoms with Gasteiger partial charge in [-0.15, -0.1) is 0 Å². The first-order chi connectivity index (χ1) is 15.1. The van der Waals surface area contributed by atoms with E-state index in [0.29, 0.717) is 0 Å². The standard InChI is InChI=1S/C30H36N/c1-19-14-28-23-9-11-24(12-10-23)29(28)18-27(19)30-26-13-8-22(16-21-6-4-5-7-21)17-25(26)15-20(2)31(30)3/h8,13-15,17-18,21,23-24H,4-7,9-12,16H2,1-3H3/q+1. The molecule has 0 spiro atoms. The monoisotopic (exact) mass is 410 g/mol. The smallest absolute Gasteiger partial charge is 0.198 e. The minimum atomic E-state index is 0.791. The van der Waals surface area contributed by atoms with Gasteiger partial charge in [0.05, 0.1) is 10.9 Å². The predicted octanol–water partition coefficient (Wildman–Crippen LogP) is 7.44. The summed E-state index contributed by atoms with van der Waals surface area (Å²) in [6.07, 6.45) is 12.5. The molecule has 1 aromatic heterocycles. The van der Waals surface area contributed by atoms with Crippen LogP contribution in [0.5, 0.6) is 0 Å². The van der Waals surface area contributed by atoms with Gasteiger partial charge in [0.2, 0.25) is 5.69 Å². The molecule has 4 aliphatic rings. The van der Waals surface area contributed by atoms with Crippen molar-refractivity contribution in [3.8, 4) is 11.3 Å². The first-order valence-electron chi connectivity index (χ1n) is 12.7. The average molecular weight is 411 g/mol. The summed E-state index contributed by atoms with van der Waals surface area (Å²) in [6.45, 7) is 4.60. The average Bonchev–Trinajstić information content (AvgIpc) is 3.28. The van der Waals surface area contributed by atoms with Crippen LogP contribution in [0, 0.1) is 19.8 Å². The molecular formula is C30H36N+. The van der Waals surface area contributed by atoms with Gasteiger partial charge < -0.3 is 0 Å². The lowest BCUT2D eigenvalue weighted by Gasteiger charge is -2.38. The van der Waals surface area contributed by atoms with Gasteiger partial charge in [0, 0.05) is 13.0 Å². The van der Waals surface area contributed by atoms with E-state index in [1.165, 1.54) is 96.6 Å². The lowest BCUT2D eigenvalue weighted by molar-refractivity contribution is -0.665. The highest BCUT2D eigenvalue weighted by molar-refractivity contribution is 5.94. The largest absolute Gasteiger partial charge is 0.220 e. The van der Waals surface area contributed by atoms with Crippen molar-refractivity contribution in [2.24, 2.45) is 13.0 Å². The minimum Gasteiger partial charge on any atom is -0.198 e. The van der Waals surface area contributed by atoms with Gasteiger partial charge in [-0.3, -0.25) is 0 Å². The van der Waals surface area contributed by atoms with Crippen molar-refractivity contribution in [1.82, 2.24) is 0 Å². The van der Waals surface area contributed by atoms with E-state index < -0.39 is 0 Å². The molecule has 2 bridgehead atoms. The number of pyridine rings is 1. The Morgan fingerprint density at radius 2 is 1.48 bits per heavy atom. The van der Waals surface area contributed by atoms with Crippen molar-refractivity contribution >= 4 is 10.8 Å². The van der Waals surface area contributed by atoms with E-state index >= 15 is 0 Å². The number of hydrogen-bond donors (Lipinski definition) is 0. The maximum atomic E-state index is 2.58. The van der Waals surface area contributed by atoms with Crippen LogP contribution in [0.25, 0.3) is 22.0 Å². The highest BCUT2D eigenvalue weighted by Crippen LogP contribution is 2.50. The second-order valence-corrected chi connectivity index (χ2v) is 10.8. The third-order valence-electron chi connectivity index (χ3n) is 8.89. The fourth-order valence-corrected chi connectivity index (χ4v) is 7.05. The molecule has 2 fully saturated rings. The first-order valence-corrected chi connectivity index (χ1v) is 12.7. The van der Waals surface area contributed by atoms with Crippen LogP contribution in [-0.2, 0) is 13.5 Å². The molecule has 0 radical (unpaired) electrons. The zero-order chi connectivity index (χ0) is 21.1. The molecule has 3 aromatic rings. The van der Waals surface area contributed by atoms with Crippen molar-refractivity contribution < 1.29 is 4.57 Å². The van der Waals surface area contributed by atoms with Gasteiger partial charge in [-0.1, -0.05) is 43.9 Å². The van der Waals surface area contributed by atoms with E-state index in [2.05, 4.69) is 61.9 Å². The zero-order valence-corrected chi connectivity index (χ0v) is 19.5. The normalized spacial score (nSPS) is 22.9. The second kappa shape index (κ2) is 7.47. The van der Waals surface area contributed by atoms with Gasteiger partial charge in [0.1, 0.15) is 7.05 Å². The maximum absolute atomic E-state index is 2.58. The van der Waals surface area contributed by atoms with E-state index in [0.717, 1.165) is 17.8 Å². The van der Waals surface area contributed by atoms with E-state index in [9.17, 15) is 0 Å². The number of rotatable bonds is 3. The Balaban J connectivity index is 1.49. The summed E-state index contributed by atoms with van der Waals surface area (Å²) in [4.78, 5) is 0. The molecular weight excluding hydrogens is 374 g/mol. The number of fused-ring (bicyclic) bond motifs is 3. The Hall–Kier alpha value is -2.15. The number of aryl methyl sites for hydroxylation is 2. The number of hydrogen-bond acceptors (Lipinski definition) is 0. The molecule has 7 rings (SSSR count). The molecule has 0 atom stereocenters. The Labute approximate surface area is 187 Å². The van der Waals surface area contributed by atoms with Gasteiger partial charge in [-0.05, 0) is 96.6 Å². The summed E-state index contributed by atoms with van der Waals surface area (Å²) in [5.41, 5.74) is 10.5. The Morgan fingerprint density at radius 3 is 2.19 bits per heavy atom. The van der Waals surface area contributed by atoms with Crippen LogP contribution in [0.1, 0.15) is 91.2 Å². The van der Waals surface area contributed by atoms with Gasteiger partial charge in [-0.2, -0.15) is 4.57 Å². The van der Waals surface area contributed by atoms with Crippen molar-refractivity contribution in [2.75, 3.05) is 0 Å². The third-order valence-corrected chi connectivity index (χ3v) is 8.89.